The Labute approximate surface area is 165 Å². The number of carboxylic acids is 2. The number of benzene rings is 2. The third-order valence-electron chi connectivity index (χ3n) is 3.62. The summed E-state index contributed by atoms with van der Waals surface area (Å²) in [5, 5.41) is 17.9. The normalized spacial score (nSPS) is 11.2. The van der Waals surface area contributed by atoms with Gasteiger partial charge in [0, 0.05) is 18.0 Å². The second kappa shape index (κ2) is 8.60. The molecule has 2 rings (SSSR count). The van der Waals surface area contributed by atoms with Gasteiger partial charge in [0.15, 0.2) is 0 Å². The monoisotopic (exact) mass is 431 g/mol. The van der Waals surface area contributed by atoms with Crippen LogP contribution in [0.5, 0.6) is 0 Å². The van der Waals surface area contributed by atoms with Crippen molar-refractivity contribution in [3.63, 3.8) is 0 Å². The van der Waals surface area contributed by atoms with Crippen LogP contribution < -0.4 is 4.31 Å². The fraction of sp³-hybridized carbons (Fsp3) is 0.176. The average Bonchev–Trinajstić information content (AvgIpc) is 2.60. The number of aromatic carboxylic acids is 1. The minimum absolute atomic E-state index is 0.0116. The number of hydrogen-bond acceptors (Lipinski definition) is 4. The Morgan fingerprint density at radius 1 is 1.00 bits per heavy atom. The molecule has 2 aromatic rings. The molecule has 0 spiro atoms. The van der Waals surface area contributed by atoms with Crippen LogP contribution >= 0.6 is 23.2 Å². The van der Waals surface area contributed by atoms with Gasteiger partial charge in [0.1, 0.15) is 4.90 Å². The van der Waals surface area contributed by atoms with E-state index in [-0.39, 0.29) is 45.6 Å². The van der Waals surface area contributed by atoms with Crippen molar-refractivity contribution >= 4 is 50.9 Å². The van der Waals surface area contributed by atoms with E-state index >= 15 is 0 Å². The summed E-state index contributed by atoms with van der Waals surface area (Å²) < 4.78 is 27.2. The first-order valence-electron chi connectivity index (χ1n) is 7.66. The zero-order valence-corrected chi connectivity index (χ0v) is 16.1. The molecule has 0 aliphatic rings. The molecule has 0 heterocycles. The van der Waals surface area contributed by atoms with Gasteiger partial charge in [-0.05, 0) is 48.9 Å². The lowest BCUT2D eigenvalue weighted by Crippen LogP contribution is -2.32. The summed E-state index contributed by atoms with van der Waals surface area (Å²) in [5.41, 5.74) is 0.170. The molecule has 0 bridgehead atoms. The van der Waals surface area contributed by atoms with E-state index in [0.717, 1.165) is 4.31 Å². The van der Waals surface area contributed by atoms with Crippen molar-refractivity contribution in [3.8, 4) is 0 Å². The third-order valence-corrected chi connectivity index (χ3v) is 6.16. The maximum Gasteiger partial charge on any atom is 0.335 e. The molecule has 7 nitrogen and oxygen atoms in total. The van der Waals surface area contributed by atoms with E-state index in [4.69, 9.17) is 33.4 Å². The van der Waals surface area contributed by atoms with E-state index in [9.17, 15) is 18.0 Å². The number of aliphatic carboxylic acids is 1. The van der Waals surface area contributed by atoms with Gasteiger partial charge in [-0.3, -0.25) is 9.10 Å². The summed E-state index contributed by atoms with van der Waals surface area (Å²) in [6, 6.07) is 9.18. The Bertz CT molecular complexity index is 960. The first kappa shape index (κ1) is 21.0. The lowest BCUT2D eigenvalue weighted by atomic mass is 10.2. The van der Waals surface area contributed by atoms with Crippen molar-refractivity contribution in [3.05, 3.63) is 58.1 Å². The molecule has 0 saturated heterocycles. The molecular weight excluding hydrogens is 417 g/mol. The van der Waals surface area contributed by atoms with Crippen LogP contribution in [0.2, 0.25) is 10.0 Å². The highest BCUT2D eigenvalue weighted by Gasteiger charge is 2.27. The van der Waals surface area contributed by atoms with E-state index in [1.54, 1.807) is 0 Å². The maximum absolute atomic E-state index is 13.1. The molecule has 0 aliphatic carbocycles. The number of carbonyl (C=O) groups is 2. The summed E-state index contributed by atoms with van der Waals surface area (Å²) in [4.78, 5) is 21.6. The Morgan fingerprint density at radius 3 is 2.19 bits per heavy atom. The number of halogens is 2. The molecule has 0 fully saturated rings. The average molecular weight is 432 g/mol. The molecule has 2 N–H and O–H groups in total. The SMILES string of the molecule is O=C(O)CCCN(c1ccc(C(=O)O)cc1)S(=O)(=O)c1cc(Cl)ccc1Cl. The Kier molecular flexibility index (Phi) is 6.69. The standard InChI is InChI=1S/C17H15Cl2NO6S/c18-12-5-8-14(19)15(10-12)27(25,26)20(9-1-2-16(21)22)13-6-3-11(4-7-13)17(23)24/h3-8,10H,1-2,9H2,(H,21,22)(H,23,24). The highest BCUT2D eigenvalue weighted by atomic mass is 35.5. The van der Waals surface area contributed by atoms with Gasteiger partial charge in [-0.1, -0.05) is 23.2 Å². The molecule has 0 saturated carbocycles. The van der Waals surface area contributed by atoms with E-state index in [2.05, 4.69) is 0 Å². The van der Waals surface area contributed by atoms with Crippen molar-refractivity contribution in [1.29, 1.82) is 0 Å². The first-order valence-corrected chi connectivity index (χ1v) is 9.85. The third kappa shape index (κ3) is 5.12. The van der Waals surface area contributed by atoms with Crippen LogP contribution in [0.3, 0.4) is 0 Å². The van der Waals surface area contributed by atoms with Crippen LogP contribution in [0, 0.1) is 0 Å². The highest BCUT2D eigenvalue weighted by molar-refractivity contribution is 7.93. The molecule has 144 valence electrons. The van der Waals surface area contributed by atoms with Crippen molar-refractivity contribution in [1.82, 2.24) is 0 Å². The van der Waals surface area contributed by atoms with Crippen LogP contribution in [0.1, 0.15) is 23.2 Å². The van der Waals surface area contributed by atoms with Crippen LogP contribution in [0.15, 0.2) is 47.4 Å². The number of anilines is 1. The lowest BCUT2D eigenvalue weighted by Gasteiger charge is -2.25. The second-order valence-corrected chi connectivity index (χ2v) is 8.18. The second-order valence-electron chi connectivity index (χ2n) is 5.50. The smallest absolute Gasteiger partial charge is 0.335 e. The predicted octanol–water partition coefficient (Wildman–Crippen LogP) is 3.75. The topological polar surface area (TPSA) is 112 Å². The van der Waals surface area contributed by atoms with Crippen LogP contribution in [-0.2, 0) is 14.8 Å². The van der Waals surface area contributed by atoms with Gasteiger partial charge in [0.25, 0.3) is 10.0 Å². The number of carboxylic acid groups (broad SMARTS) is 2. The van der Waals surface area contributed by atoms with Crippen molar-refractivity contribution in [2.24, 2.45) is 0 Å². The molecule has 0 unspecified atom stereocenters. The molecule has 2 aromatic carbocycles. The zero-order chi connectivity index (χ0) is 20.2. The van der Waals surface area contributed by atoms with Crippen LogP contribution in [0.25, 0.3) is 0 Å². The van der Waals surface area contributed by atoms with Gasteiger partial charge in [-0.2, -0.15) is 0 Å². The van der Waals surface area contributed by atoms with Crippen molar-refractivity contribution < 1.29 is 28.2 Å². The van der Waals surface area contributed by atoms with Gasteiger partial charge < -0.3 is 10.2 Å². The highest BCUT2D eigenvalue weighted by Crippen LogP contribution is 2.31. The molecule has 0 aliphatic heterocycles. The maximum atomic E-state index is 13.1. The summed E-state index contributed by atoms with van der Waals surface area (Å²) >= 11 is 11.9. The van der Waals surface area contributed by atoms with E-state index < -0.39 is 22.0 Å². The van der Waals surface area contributed by atoms with E-state index in [0.29, 0.717) is 0 Å². The number of nitrogens with zero attached hydrogens (tertiary/aromatic N) is 1. The van der Waals surface area contributed by atoms with Gasteiger partial charge >= 0.3 is 11.9 Å². The predicted molar refractivity (Wildman–Crippen MR) is 101 cm³/mol. The summed E-state index contributed by atoms with van der Waals surface area (Å²) in [7, 11) is -4.16. The molecule has 0 radical (unpaired) electrons. The molecular formula is C17H15Cl2NO6S. The number of rotatable bonds is 8. The van der Waals surface area contributed by atoms with Crippen molar-refractivity contribution in [2.45, 2.75) is 17.7 Å². The number of sulfonamides is 1. The Morgan fingerprint density at radius 2 is 1.63 bits per heavy atom. The minimum atomic E-state index is -4.16. The van der Waals surface area contributed by atoms with Crippen molar-refractivity contribution in [2.75, 3.05) is 10.8 Å². The van der Waals surface area contributed by atoms with Gasteiger partial charge in [0.05, 0.1) is 16.3 Å². The Balaban J connectivity index is 2.49. The molecule has 0 atom stereocenters. The minimum Gasteiger partial charge on any atom is -0.481 e. The molecule has 0 amide bonds. The van der Waals surface area contributed by atoms with Gasteiger partial charge in [-0.25, -0.2) is 13.2 Å². The first-order chi connectivity index (χ1) is 12.6. The van der Waals surface area contributed by atoms with E-state index in [1.165, 1.54) is 42.5 Å². The number of hydrogen-bond donors (Lipinski definition) is 2. The zero-order valence-electron chi connectivity index (χ0n) is 13.8. The fourth-order valence-electron chi connectivity index (χ4n) is 2.33. The summed E-state index contributed by atoms with van der Waals surface area (Å²) in [5.74, 6) is -2.21. The summed E-state index contributed by atoms with van der Waals surface area (Å²) in [6.07, 6.45) is -0.185. The lowest BCUT2D eigenvalue weighted by molar-refractivity contribution is -0.137. The van der Waals surface area contributed by atoms with E-state index in [1.807, 2.05) is 0 Å². The molecule has 0 aromatic heterocycles. The quantitative estimate of drug-likeness (QED) is 0.657. The van der Waals surface area contributed by atoms with Gasteiger partial charge in [-0.15, -0.1) is 0 Å². The Hall–Kier alpha value is -2.29. The molecule has 10 heteroatoms. The van der Waals surface area contributed by atoms with Crippen LogP contribution in [0.4, 0.5) is 5.69 Å². The summed E-state index contributed by atoms with van der Waals surface area (Å²) in [6.45, 7) is -0.135. The largest absolute Gasteiger partial charge is 0.481 e. The fourth-order valence-corrected chi connectivity index (χ4v) is 4.57. The van der Waals surface area contributed by atoms with Gasteiger partial charge in [0.2, 0.25) is 0 Å². The van der Waals surface area contributed by atoms with Crippen LogP contribution in [-0.4, -0.2) is 37.1 Å². The molecule has 27 heavy (non-hydrogen) atoms.